The zero-order valence-corrected chi connectivity index (χ0v) is 13.0. The summed E-state index contributed by atoms with van der Waals surface area (Å²) in [5.74, 6) is -8.54. The van der Waals surface area contributed by atoms with Crippen LogP contribution in [0.1, 0.15) is 33.4 Å². The lowest BCUT2D eigenvalue weighted by molar-refractivity contribution is -0.223. The molecule has 0 N–H and O–H groups in total. The van der Waals surface area contributed by atoms with Gasteiger partial charge in [0.05, 0.1) is 0 Å². The Bertz CT molecular complexity index is 641. The molecule has 0 aliphatic heterocycles. The van der Waals surface area contributed by atoms with E-state index in [1.54, 1.807) is 27.7 Å². The van der Waals surface area contributed by atoms with Crippen LogP contribution in [0.5, 0.6) is 0 Å². The number of aryl methyl sites for hydroxylation is 4. The molecule has 2 aromatic carbocycles. The summed E-state index contributed by atoms with van der Waals surface area (Å²) in [7, 11) is 0. The molecule has 2 rings (SSSR count). The van der Waals surface area contributed by atoms with Gasteiger partial charge in [0.25, 0.3) is 0 Å². The van der Waals surface area contributed by atoms with Gasteiger partial charge in [0, 0.05) is 11.1 Å². The fourth-order valence-corrected chi connectivity index (χ4v) is 2.24. The van der Waals surface area contributed by atoms with E-state index in [-0.39, 0.29) is 0 Å². The number of hydrogen-bond donors (Lipinski definition) is 0. The van der Waals surface area contributed by atoms with Crippen LogP contribution in [0.15, 0.2) is 36.4 Å². The van der Waals surface area contributed by atoms with Crippen LogP contribution in [-0.2, 0) is 11.8 Å². The first-order valence-corrected chi connectivity index (χ1v) is 6.98. The number of rotatable bonds is 3. The molecule has 0 aliphatic carbocycles. The van der Waals surface area contributed by atoms with E-state index in [0.29, 0.717) is 11.1 Å². The van der Waals surface area contributed by atoms with Crippen molar-refractivity contribution in [3.8, 4) is 0 Å². The van der Waals surface area contributed by atoms with E-state index in [2.05, 4.69) is 0 Å². The monoisotopic (exact) mass is 310 g/mol. The summed E-state index contributed by atoms with van der Waals surface area (Å²) in [5.41, 5.74) is 1.36. The molecule has 0 fully saturated rings. The highest BCUT2D eigenvalue weighted by Crippen LogP contribution is 2.49. The van der Waals surface area contributed by atoms with Crippen molar-refractivity contribution >= 4 is 0 Å². The predicted molar refractivity (Wildman–Crippen MR) is 79.6 cm³/mol. The molecule has 0 bridgehead atoms. The van der Waals surface area contributed by atoms with Gasteiger partial charge in [0.2, 0.25) is 0 Å². The van der Waals surface area contributed by atoms with Crippen LogP contribution < -0.4 is 0 Å². The summed E-state index contributed by atoms with van der Waals surface area (Å²) < 4.78 is 57.7. The Hall–Kier alpha value is -1.84. The average Bonchev–Trinajstić information content (AvgIpc) is 2.44. The van der Waals surface area contributed by atoms with Gasteiger partial charge in [-0.1, -0.05) is 24.3 Å². The van der Waals surface area contributed by atoms with Crippen molar-refractivity contribution in [2.45, 2.75) is 39.5 Å². The second-order valence-electron chi connectivity index (χ2n) is 5.75. The summed E-state index contributed by atoms with van der Waals surface area (Å²) in [6, 6.07) is 7.27. The van der Waals surface area contributed by atoms with Crippen molar-refractivity contribution in [3.63, 3.8) is 0 Å². The standard InChI is InChI=1S/C18H18F4/c1-11-5-7-15(9-13(11)3)17(19,20)18(21,22)16-8-6-12(2)14(4)10-16/h5-10H,1-4H3. The summed E-state index contributed by atoms with van der Waals surface area (Å²) in [6.07, 6.45) is 0. The molecule has 4 heteroatoms. The lowest BCUT2D eigenvalue weighted by Gasteiger charge is -2.28. The lowest BCUT2D eigenvalue weighted by atomic mass is 9.92. The van der Waals surface area contributed by atoms with E-state index in [4.69, 9.17) is 0 Å². The zero-order chi connectivity index (χ0) is 16.7. The maximum absolute atomic E-state index is 14.4. The first-order valence-electron chi connectivity index (χ1n) is 6.98. The van der Waals surface area contributed by atoms with E-state index >= 15 is 0 Å². The average molecular weight is 310 g/mol. The van der Waals surface area contributed by atoms with Crippen molar-refractivity contribution in [1.29, 1.82) is 0 Å². The first kappa shape index (κ1) is 16.5. The summed E-state index contributed by atoms with van der Waals surface area (Å²) >= 11 is 0. The third-order valence-electron chi connectivity index (χ3n) is 4.13. The minimum absolute atomic E-state index is 0.563. The molecule has 0 saturated heterocycles. The molecule has 0 aliphatic rings. The third-order valence-corrected chi connectivity index (χ3v) is 4.13. The van der Waals surface area contributed by atoms with Gasteiger partial charge in [0.15, 0.2) is 0 Å². The van der Waals surface area contributed by atoms with Crippen LogP contribution in [0.4, 0.5) is 17.6 Å². The van der Waals surface area contributed by atoms with E-state index in [1.165, 1.54) is 12.1 Å². The van der Waals surface area contributed by atoms with Gasteiger partial charge in [-0.15, -0.1) is 0 Å². The van der Waals surface area contributed by atoms with Gasteiger partial charge < -0.3 is 0 Å². The first-order chi connectivity index (χ1) is 10.1. The van der Waals surface area contributed by atoms with Crippen LogP contribution in [0.3, 0.4) is 0 Å². The van der Waals surface area contributed by atoms with Gasteiger partial charge in [-0.3, -0.25) is 0 Å². The molecular weight excluding hydrogens is 292 g/mol. The Kier molecular flexibility index (Phi) is 4.07. The highest BCUT2D eigenvalue weighted by atomic mass is 19.3. The zero-order valence-electron chi connectivity index (χ0n) is 13.0. The van der Waals surface area contributed by atoms with E-state index in [9.17, 15) is 17.6 Å². The van der Waals surface area contributed by atoms with Crippen molar-refractivity contribution in [3.05, 3.63) is 69.8 Å². The summed E-state index contributed by atoms with van der Waals surface area (Å²) in [4.78, 5) is 0. The largest absolute Gasteiger partial charge is 0.339 e. The number of halogens is 4. The van der Waals surface area contributed by atoms with Crippen molar-refractivity contribution in [2.24, 2.45) is 0 Å². The highest BCUT2D eigenvalue weighted by molar-refractivity contribution is 5.38. The van der Waals surface area contributed by atoms with E-state index in [0.717, 1.165) is 35.4 Å². The van der Waals surface area contributed by atoms with Crippen molar-refractivity contribution in [1.82, 2.24) is 0 Å². The number of benzene rings is 2. The van der Waals surface area contributed by atoms with Crippen LogP contribution in [-0.4, -0.2) is 0 Å². The van der Waals surface area contributed by atoms with Crippen LogP contribution in [0.25, 0.3) is 0 Å². The molecule has 2 aromatic rings. The number of hydrogen-bond acceptors (Lipinski definition) is 0. The second-order valence-corrected chi connectivity index (χ2v) is 5.75. The molecule has 0 nitrogen and oxygen atoms in total. The lowest BCUT2D eigenvalue weighted by Crippen LogP contribution is -2.35. The smallest absolute Gasteiger partial charge is 0.194 e. The topological polar surface area (TPSA) is 0 Å². The van der Waals surface area contributed by atoms with E-state index < -0.39 is 23.0 Å². The summed E-state index contributed by atoms with van der Waals surface area (Å²) in [5, 5.41) is 0. The quantitative estimate of drug-likeness (QED) is 0.628. The van der Waals surface area contributed by atoms with Crippen molar-refractivity contribution < 1.29 is 17.6 Å². The SMILES string of the molecule is Cc1ccc(C(F)(F)C(F)(F)c2ccc(C)c(C)c2)cc1C. The minimum atomic E-state index is -4.27. The maximum atomic E-state index is 14.4. The van der Waals surface area contributed by atoms with Crippen LogP contribution >= 0.6 is 0 Å². The van der Waals surface area contributed by atoms with Gasteiger partial charge >= 0.3 is 11.8 Å². The predicted octanol–water partition coefficient (Wildman–Crippen LogP) is 5.80. The van der Waals surface area contributed by atoms with Crippen molar-refractivity contribution in [2.75, 3.05) is 0 Å². The van der Waals surface area contributed by atoms with Gasteiger partial charge in [-0.25, -0.2) is 0 Å². The Balaban J connectivity index is 2.53. The Morgan fingerprint density at radius 1 is 0.545 bits per heavy atom. The fourth-order valence-electron chi connectivity index (χ4n) is 2.24. The molecule has 0 unspecified atom stereocenters. The molecular formula is C18H18F4. The van der Waals surface area contributed by atoms with Gasteiger partial charge in [0.1, 0.15) is 0 Å². The molecule has 0 amide bonds. The highest BCUT2D eigenvalue weighted by Gasteiger charge is 2.58. The fraction of sp³-hybridized carbons (Fsp3) is 0.333. The summed E-state index contributed by atoms with van der Waals surface area (Å²) in [6.45, 7) is 6.75. The van der Waals surface area contributed by atoms with E-state index in [1.807, 2.05) is 0 Å². The molecule has 22 heavy (non-hydrogen) atoms. The molecule has 0 heterocycles. The minimum Gasteiger partial charge on any atom is -0.194 e. The maximum Gasteiger partial charge on any atom is 0.339 e. The second kappa shape index (κ2) is 5.41. The Labute approximate surface area is 127 Å². The molecule has 0 atom stereocenters. The Morgan fingerprint density at radius 2 is 0.864 bits per heavy atom. The molecule has 0 spiro atoms. The van der Waals surface area contributed by atoms with Crippen LogP contribution in [0.2, 0.25) is 0 Å². The third kappa shape index (κ3) is 2.62. The van der Waals surface area contributed by atoms with Gasteiger partial charge in [-0.2, -0.15) is 17.6 Å². The Morgan fingerprint density at radius 3 is 1.14 bits per heavy atom. The van der Waals surface area contributed by atoms with Crippen LogP contribution in [0, 0.1) is 27.7 Å². The molecule has 118 valence electrons. The number of alkyl halides is 4. The molecule has 0 saturated carbocycles. The normalized spacial score (nSPS) is 12.5. The molecule has 0 aromatic heterocycles. The molecule has 0 radical (unpaired) electrons. The van der Waals surface area contributed by atoms with Gasteiger partial charge in [-0.05, 0) is 62.1 Å².